The van der Waals surface area contributed by atoms with Crippen molar-refractivity contribution in [2.75, 3.05) is 13.1 Å². The van der Waals surface area contributed by atoms with Gasteiger partial charge in [-0.25, -0.2) is 9.78 Å². The van der Waals surface area contributed by atoms with E-state index in [1.807, 2.05) is 4.90 Å². The first-order valence-corrected chi connectivity index (χ1v) is 8.65. The van der Waals surface area contributed by atoms with E-state index in [0.29, 0.717) is 0 Å². The lowest BCUT2D eigenvalue weighted by atomic mass is 9.91. The average molecular weight is 320 g/mol. The third-order valence-electron chi connectivity index (χ3n) is 4.52. The summed E-state index contributed by atoms with van der Waals surface area (Å²) < 4.78 is 0. The number of nitrogens with zero attached hydrogens (tertiary/aromatic N) is 2. The lowest BCUT2D eigenvalue weighted by molar-refractivity contribution is -0.136. The van der Waals surface area contributed by atoms with Gasteiger partial charge in [0.2, 0.25) is 5.91 Å². The molecule has 0 bridgehead atoms. The van der Waals surface area contributed by atoms with Gasteiger partial charge in [-0.15, -0.1) is 11.3 Å². The number of thiazole rings is 1. The van der Waals surface area contributed by atoms with Gasteiger partial charge in [0, 0.05) is 30.3 Å². The van der Waals surface area contributed by atoms with Gasteiger partial charge >= 0.3 is 5.97 Å². The molecule has 1 aliphatic carbocycles. The predicted octanol–water partition coefficient (Wildman–Crippen LogP) is 2.90. The van der Waals surface area contributed by atoms with Gasteiger partial charge in [-0.2, -0.15) is 0 Å². The van der Waals surface area contributed by atoms with E-state index in [4.69, 9.17) is 5.11 Å². The van der Waals surface area contributed by atoms with Gasteiger partial charge in [-0.05, 0) is 32.1 Å². The number of aromatic nitrogens is 1. The van der Waals surface area contributed by atoms with Crippen molar-refractivity contribution in [3.05, 3.63) is 28.2 Å². The lowest BCUT2D eigenvalue weighted by Crippen LogP contribution is -2.41. The maximum absolute atomic E-state index is 12.5. The Morgan fingerprint density at radius 1 is 1.23 bits per heavy atom. The van der Waals surface area contributed by atoms with Gasteiger partial charge in [0.15, 0.2) is 5.69 Å². The Labute approximate surface area is 133 Å². The molecule has 1 amide bonds. The van der Waals surface area contributed by atoms with Crippen LogP contribution in [-0.2, 0) is 4.79 Å². The highest BCUT2D eigenvalue weighted by Crippen LogP contribution is 2.31. The molecule has 6 heteroatoms. The highest BCUT2D eigenvalue weighted by molar-refractivity contribution is 7.09. The van der Waals surface area contributed by atoms with Crippen molar-refractivity contribution in [3.8, 4) is 0 Å². The predicted molar refractivity (Wildman–Crippen MR) is 84.1 cm³/mol. The van der Waals surface area contributed by atoms with Gasteiger partial charge < -0.3 is 10.0 Å². The molecule has 0 saturated carbocycles. The van der Waals surface area contributed by atoms with E-state index in [9.17, 15) is 9.59 Å². The van der Waals surface area contributed by atoms with Crippen LogP contribution in [0.4, 0.5) is 0 Å². The minimum atomic E-state index is -0.972. The Morgan fingerprint density at radius 2 is 2.00 bits per heavy atom. The normalized spacial score (nSPS) is 22.7. The molecule has 0 spiro atoms. The summed E-state index contributed by atoms with van der Waals surface area (Å²) >= 11 is 1.42. The topological polar surface area (TPSA) is 70.5 Å². The van der Waals surface area contributed by atoms with Gasteiger partial charge in [0.25, 0.3) is 0 Å². The summed E-state index contributed by atoms with van der Waals surface area (Å²) in [6, 6.07) is 0. The third kappa shape index (κ3) is 3.21. The van der Waals surface area contributed by atoms with Crippen LogP contribution in [0.25, 0.3) is 0 Å². The second kappa shape index (κ2) is 6.60. The molecule has 2 heterocycles. The molecule has 22 heavy (non-hydrogen) atoms. The first-order chi connectivity index (χ1) is 10.6. The zero-order valence-electron chi connectivity index (χ0n) is 12.4. The molecule has 0 radical (unpaired) electrons. The maximum atomic E-state index is 12.5. The van der Waals surface area contributed by atoms with E-state index in [-0.39, 0.29) is 23.4 Å². The molecule has 1 N–H and O–H groups in total. The number of carbonyl (C=O) groups excluding carboxylic acids is 1. The third-order valence-corrected chi connectivity index (χ3v) is 5.52. The minimum absolute atomic E-state index is 0.132. The van der Waals surface area contributed by atoms with Crippen LogP contribution >= 0.6 is 11.3 Å². The molecule has 1 atom stereocenters. The first-order valence-electron chi connectivity index (χ1n) is 7.77. The van der Waals surface area contributed by atoms with E-state index in [1.165, 1.54) is 11.3 Å². The Bertz CT molecular complexity index is 588. The summed E-state index contributed by atoms with van der Waals surface area (Å²) in [6.45, 7) is 1.51. The molecule has 1 saturated heterocycles. The highest BCUT2D eigenvalue weighted by atomic mass is 32.1. The van der Waals surface area contributed by atoms with E-state index < -0.39 is 5.97 Å². The van der Waals surface area contributed by atoms with Gasteiger partial charge in [0.1, 0.15) is 0 Å². The molecule has 0 aromatic carbocycles. The van der Waals surface area contributed by atoms with Crippen molar-refractivity contribution < 1.29 is 14.7 Å². The van der Waals surface area contributed by atoms with E-state index >= 15 is 0 Å². The lowest BCUT2D eigenvalue weighted by Gasteiger charge is -2.34. The van der Waals surface area contributed by atoms with Crippen molar-refractivity contribution in [2.45, 2.75) is 38.0 Å². The second-order valence-corrected chi connectivity index (χ2v) is 6.85. The summed E-state index contributed by atoms with van der Waals surface area (Å²) in [7, 11) is 0. The largest absolute Gasteiger partial charge is 0.476 e. The summed E-state index contributed by atoms with van der Waals surface area (Å²) in [5.74, 6) is -0.248. The molecular weight excluding hydrogens is 300 g/mol. The van der Waals surface area contributed by atoms with E-state index in [2.05, 4.69) is 17.1 Å². The van der Waals surface area contributed by atoms with Crippen LogP contribution in [0.2, 0.25) is 0 Å². The quantitative estimate of drug-likeness (QED) is 0.869. The summed E-state index contributed by atoms with van der Waals surface area (Å²) in [6.07, 6.45) is 8.85. The molecule has 1 fully saturated rings. The number of rotatable bonds is 3. The number of likely N-dealkylation sites (tertiary alicyclic amines) is 1. The van der Waals surface area contributed by atoms with Crippen LogP contribution < -0.4 is 0 Å². The number of allylic oxidation sites excluding steroid dienone is 2. The number of carbonyl (C=O) groups is 2. The summed E-state index contributed by atoms with van der Waals surface area (Å²) in [4.78, 5) is 29.6. The highest BCUT2D eigenvalue weighted by Gasteiger charge is 2.29. The Balaban J connectivity index is 1.56. The standard InChI is InChI=1S/C16H20N2O3S/c19-15(12-4-2-1-3-5-12)18-8-6-11(7-9-18)14-17-13(10-22-14)16(20)21/h1-2,10-12H,3-9H2,(H,20,21). The van der Waals surface area contributed by atoms with Crippen LogP contribution in [0, 0.1) is 5.92 Å². The number of hydrogen-bond acceptors (Lipinski definition) is 4. The zero-order chi connectivity index (χ0) is 15.5. The van der Waals surface area contributed by atoms with Crippen molar-refractivity contribution >= 4 is 23.2 Å². The Hall–Kier alpha value is -1.69. The van der Waals surface area contributed by atoms with Crippen LogP contribution in [0.3, 0.4) is 0 Å². The molecule has 1 aliphatic heterocycles. The molecule has 1 aromatic heterocycles. The van der Waals surface area contributed by atoms with Gasteiger partial charge in [0.05, 0.1) is 5.01 Å². The van der Waals surface area contributed by atoms with Crippen molar-refractivity contribution in [3.63, 3.8) is 0 Å². The van der Waals surface area contributed by atoms with Crippen LogP contribution in [0.1, 0.15) is 53.5 Å². The van der Waals surface area contributed by atoms with Crippen molar-refractivity contribution in [2.24, 2.45) is 5.92 Å². The Kier molecular flexibility index (Phi) is 4.57. The molecule has 1 aromatic rings. The molecule has 5 nitrogen and oxygen atoms in total. The molecule has 1 unspecified atom stereocenters. The SMILES string of the molecule is O=C(O)c1csc(C2CCN(C(=O)C3CC=CCC3)CC2)n1. The van der Waals surface area contributed by atoms with E-state index in [1.54, 1.807) is 5.38 Å². The number of carboxylic acid groups (broad SMARTS) is 1. The minimum Gasteiger partial charge on any atom is -0.476 e. The van der Waals surface area contributed by atoms with Gasteiger partial charge in [-0.3, -0.25) is 4.79 Å². The number of hydrogen-bond donors (Lipinski definition) is 1. The molecule has 3 rings (SSSR count). The summed E-state index contributed by atoms with van der Waals surface area (Å²) in [5.41, 5.74) is 0.132. The van der Waals surface area contributed by atoms with Crippen molar-refractivity contribution in [1.29, 1.82) is 0 Å². The molecule has 2 aliphatic rings. The van der Waals surface area contributed by atoms with Crippen molar-refractivity contribution in [1.82, 2.24) is 9.88 Å². The van der Waals surface area contributed by atoms with E-state index in [0.717, 1.165) is 50.2 Å². The average Bonchev–Trinajstić information content (AvgIpc) is 3.05. The fourth-order valence-electron chi connectivity index (χ4n) is 3.20. The first kappa shape index (κ1) is 15.2. The zero-order valence-corrected chi connectivity index (χ0v) is 13.2. The molecule has 118 valence electrons. The van der Waals surface area contributed by atoms with Gasteiger partial charge in [-0.1, -0.05) is 12.2 Å². The summed E-state index contributed by atoms with van der Waals surface area (Å²) in [5, 5.41) is 11.4. The monoisotopic (exact) mass is 320 g/mol. The molecular formula is C16H20N2O3S. The number of carboxylic acids is 1. The fourth-order valence-corrected chi connectivity index (χ4v) is 4.16. The smallest absolute Gasteiger partial charge is 0.355 e. The Morgan fingerprint density at radius 3 is 2.59 bits per heavy atom. The number of piperidine rings is 1. The van der Waals surface area contributed by atoms with Crippen LogP contribution in [0.15, 0.2) is 17.5 Å². The number of aromatic carboxylic acids is 1. The number of amides is 1. The maximum Gasteiger partial charge on any atom is 0.355 e. The second-order valence-electron chi connectivity index (χ2n) is 5.96. The van der Waals surface area contributed by atoms with Crippen LogP contribution in [-0.4, -0.2) is 40.0 Å². The van der Waals surface area contributed by atoms with Crippen LogP contribution in [0.5, 0.6) is 0 Å². The fraction of sp³-hybridized carbons (Fsp3) is 0.562.